The van der Waals surface area contributed by atoms with E-state index in [1.165, 1.54) is 17.3 Å². The summed E-state index contributed by atoms with van der Waals surface area (Å²) in [5.41, 5.74) is 0.871. The Kier molecular flexibility index (Phi) is 5.34. The molecule has 146 valence electrons. The van der Waals surface area contributed by atoms with Crippen molar-refractivity contribution in [1.82, 2.24) is 9.46 Å². The molecule has 1 aromatic carbocycles. The third-order valence-corrected chi connectivity index (χ3v) is 6.85. The molecule has 0 atom stereocenters. The summed E-state index contributed by atoms with van der Waals surface area (Å²) in [4.78, 5) is 13.8. The number of Topliss-reactive ketones (excluding diaryl/α,β-unsaturated/α-hetero) is 1. The normalized spacial score (nSPS) is 16.4. The lowest BCUT2D eigenvalue weighted by Gasteiger charge is -2.25. The van der Waals surface area contributed by atoms with E-state index in [0.29, 0.717) is 37.4 Å². The van der Waals surface area contributed by atoms with E-state index < -0.39 is 15.8 Å². The first kappa shape index (κ1) is 19.5. The molecule has 0 saturated carbocycles. The number of rotatable bonds is 4. The Bertz CT molecular complexity index is 951. The highest BCUT2D eigenvalue weighted by Gasteiger charge is 2.32. The van der Waals surface area contributed by atoms with E-state index in [2.05, 4.69) is 5.16 Å². The molecule has 0 bridgehead atoms. The quantitative estimate of drug-likeness (QED) is 0.740. The number of aryl methyl sites for hydroxylation is 2. The number of sulfonamides is 1. The van der Waals surface area contributed by atoms with Crippen LogP contribution in [0.4, 0.5) is 10.1 Å². The number of ketones is 1. The van der Waals surface area contributed by atoms with Crippen molar-refractivity contribution in [2.24, 2.45) is 0 Å². The number of carbonyl (C=O) groups excluding carboxylic acids is 1. The highest BCUT2D eigenvalue weighted by atomic mass is 32.2. The summed E-state index contributed by atoms with van der Waals surface area (Å²) in [5.74, 6) is -0.658. The predicted molar refractivity (Wildman–Crippen MR) is 98.0 cm³/mol. The standard InChI is InChI=1S/C18H22FN3O4S/c1-12-18(14(3)26-20-12)27(24,25)22-9-5-8-21(10-11-22)16-7-4-6-15(19)17(16)13(2)23/h4,6-7H,5,8-11H2,1-3H3. The summed E-state index contributed by atoms with van der Waals surface area (Å²) in [6.45, 7) is 5.92. The molecule has 27 heavy (non-hydrogen) atoms. The first-order chi connectivity index (χ1) is 12.7. The van der Waals surface area contributed by atoms with Crippen LogP contribution in [-0.4, -0.2) is 49.8 Å². The molecular weight excluding hydrogens is 373 g/mol. The Morgan fingerprint density at radius 2 is 1.93 bits per heavy atom. The largest absolute Gasteiger partial charge is 0.369 e. The maximum Gasteiger partial charge on any atom is 0.248 e. The lowest BCUT2D eigenvalue weighted by Crippen LogP contribution is -2.36. The zero-order valence-electron chi connectivity index (χ0n) is 15.5. The van der Waals surface area contributed by atoms with Gasteiger partial charge < -0.3 is 9.42 Å². The molecule has 0 spiro atoms. The number of benzene rings is 1. The van der Waals surface area contributed by atoms with Crippen molar-refractivity contribution in [2.45, 2.75) is 32.1 Å². The van der Waals surface area contributed by atoms with Crippen molar-refractivity contribution in [3.05, 3.63) is 41.0 Å². The van der Waals surface area contributed by atoms with E-state index in [-0.39, 0.29) is 28.5 Å². The minimum Gasteiger partial charge on any atom is -0.369 e. The summed E-state index contributed by atoms with van der Waals surface area (Å²) in [6, 6.07) is 4.50. The zero-order chi connectivity index (χ0) is 19.8. The number of anilines is 1. The maximum atomic E-state index is 14.1. The van der Waals surface area contributed by atoms with Gasteiger partial charge in [0.1, 0.15) is 16.4 Å². The zero-order valence-corrected chi connectivity index (χ0v) is 16.3. The molecular formula is C18H22FN3O4S. The Hall–Kier alpha value is -2.26. The fourth-order valence-corrected chi connectivity index (χ4v) is 5.23. The second-order valence-corrected chi connectivity index (χ2v) is 8.46. The maximum absolute atomic E-state index is 14.1. The Labute approximate surface area is 157 Å². The minimum atomic E-state index is -3.73. The molecule has 9 heteroatoms. The third kappa shape index (κ3) is 3.61. The summed E-state index contributed by atoms with van der Waals surface area (Å²) in [7, 11) is -3.73. The number of aromatic nitrogens is 1. The van der Waals surface area contributed by atoms with Crippen LogP contribution in [0.15, 0.2) is 27.6 Å². The van der Waals surface area contributed by atoms with Gasteiger partial charge in [-0.05, 0) is 39.3 Å². The fourth-order valence-electron chi connectivity index (χ4n) is 3.47. The molecule has 1 fully saturated rings. The molecule has 2 heterocycles. The molecule has 3 rings (SSSR count). The Balaban J connectivity index is 1.87. The van der Waals surface area contributed by atoms with Crippen molar-refractivity contribution in [3.63, 3.8) is 0 Å². The molecule has 0 unspecified atom stereocenters. The van der Waals surface area contributed by atoms with E-state index in [0.717, 1.165) is 0 Å². The van der Waals surface area contributed by atoms with Crippen LogP contribution in [-0.2, 0) is 10.0 Å². The summed E-state index contributed by atoms with van der Waals surface area (Å²) >= 11 is 0. The van der Waals surface area contributed by atoms with Crippen LogP contribution in [0, 0.1) is 19.7 Å². The van der Waals surface area contributed by atoms with Crippen LogP contribution in [0.1, 0.15) is 35.2 Å². The highest BCUT2D eigenvalue weighted by molar-refractivity contribution is 7.89. The first-order valence-corrected chi connectivity index (χ1v) is 10.1. The molecule has 0 aliphatic carbocycles. The van der Waals surface area contributed by atoms with Gasteiger partial charge in [-0.3, -0.25) is 4.79 Å². The van der Waals surface area contributed by atoms with E-state index >= 15 is 0 Å². The van der Waals surface area contributed by atoms with Gasteiger partial charge in [-0.25, -0.2) is 12.8 Å². The summed E-state index contributed by atoms with van der Waals surface area (Å²) in [5, 5.41) is 3.73. The van der Waals surface area contributed by atoms with Crippen LogP contribution >= 0.6 is 0 Å². The lowest BCUT2D eigenvalue weighted by molar-refractivity contribution is 0.101. The van der Waals surface area contributed by atoms with Gasteiger partial charge in [0, 0.05) is 26.2 Å². The molecule has 1 saturated heterocycles. The Morgan fingerprint density at radius 1 is 1.19 bits per heavy atom. The first-order valence-electron chi connectivity index (χ1n) is 8.71. The summed E-state index contributed by atoms with van der Waals surface area (Å²) < 4.78 is 46.5. The van der Waals surface area contributed by atoms with Gasteiger partial charge in [-0.15, -0.1) is 0 Å². The monoisotopic (exact) mass is 395 g/mol. The molecule has 7 nitrogen and oxygen atoms in total. The predicted octanol–water partition coefficient (Wildman–Crippen LogP) is 2.53. The SMILES string of the molecule is CC(=O)c1c(F)cccc1N1CCCN(S(=O)(=O)c2c(C)noc2C)CC1. The van der Waals surface area contributed by atoms with E-state index in [1.807, 2.05) is 4.90 Å². The number of nitrogens with zero attached hydrogens (tertiary/aromatic N) is 3. The van der Waals surface area contributed by atoms with Gasteiger partial charge in [0.25, 0.3) is 0 Å². The van der Waals surface area contributed by atoms with Crippen molar-refractivity contribution in [1.29, 1.82) is 0 Å². The second kappa shape index (κ2) is 7.40. The van der Waals surface area contributed by atoms with Gasteiger partial charge in [0.2, 0.25) is 10.0 Å². The lowest BCUT2D eigenvalue weighted by atomic mass is 10.1. The molecule has 0 N–H and O–H groups in total. The average Bonchev–Trinajstić information content (AvgIpc) is 2.81. The van der Waals surface area contributed by atoms with Crippen molar-refractivity contribution in [2.75, 3.05) is 31.1 Å². The van der Waals surface area contributed by atoms with Gasteiger partial charge in [0.15, 0.2) is 11.5 Å². The molecule has 1 aliphatic heterocycles. The van der Waals surface area contributed by atoms with Crippen LogP contribution in [0.25, 0.3) is 0 Å². The van der Waals surface area contributed by atoms with Crippen LogP contribution in [0.2, 0.25) is 0 Å². The molecule has 2 aromatic rings. The van der Waals surface area contributed by atoms with Gasteiger partial charge in [-0.1, -0.05) is 11.2 Å². The number of carbonyl (C=O) groups is 1. The summed E-state index contributed by atoms with van der Waals surface area (Å²) in [6.07, 6.45) is 0.552. The smallest absolute Gasteiger partial charge is 0.248 e. The Morgan fingerprint density at radius 3 is 2.56 bits per heavy atom. The van der Waals surface area contributed by atoms with Gasteiger partial charge in [-0.2, -0.15) is 4.31 Å². The van der Waals surface area contributed by atoms with E-state index in [1.54, 1.807) is 26.0 Å². The third-order valence-electron chi connectivity index (χ3n) is 4.70. The fraction of sp³-hybridized carbons (Fsp3) is 0.444. The minimum absolute atomic E-state index is 0.0412. The topological polar surface area (TPSA) is 83.7 Å². The van der Waals surface area contributed by atoms with Crippen LogP contribution in [0.3, 0.4) is 0 Å². The van der Waals surface area contributed by atoms with Crippen molar-refractivity contribution < 1.29 is 22.1 Å². The van der Waals surface area contributed by atoms with E-state index in [9.17, 15) is 17.6 Å². The second-order valence-electron chi connectivity index (χ2n) is 6.59. The van der Waals surface area contributed by atoms with Crippen molar-refractivity contribution in [3.8, 4) is 0 Å². The van der Waals surface area contributed by atoms with E-state index in [4.69, 9.17) is 4.52 Å². The average molecular weight is 395 g/mol. The van der Waals surface area contributed by atoms with Crippen LogP contribution < -0.4 is 4.90 Å². The van der Waals surface area contributed by atoms with Gasteiger partial charge >= 0.3 is 0 Å². The van der Waals surface area contributed by atoms with Crippen LogP contribution in [0.5, 0.6) is 0 Å². The molecule has 0 radical (unpaired) electrons. The number of hydrogen-bond donors (Lipinski definition) is 0. The molecule has 1 aliphatic rings. The van der Waals surface area contributed by atoms with Crippen molar-refractivity contribution >= 4 is 21.5 Å². The molecule has 0 amide bonds. The highest BCUT2D eigenvalue weighted by Crippen LogP contribution is 2.28. The number of hydrogen-bond acceptors (Lipinski definition) is 6. The number of halogens is 1. The molecule has 1 aromatic heterocycles. The van der Waals surface area contributed by atoms with Gasteiger partial charge in [0.05, 0.1) is 11.3 Å².